The summed E-state index contributed by atoms with van der Waals surface area (Å²) in [4.78, 5) is 61.2. The lowest BCUT2D eigenvalue weighted by atomic mass is 9.61. The minimum absolute atomic E-state index is 0.478. The van der Waals surface area contributed by atoms with E-state index in [0.717, 1.165) is 20.8 Å². The van der Waals surface area contributed by atoms with Gasteiger partial charge in [0.15, 0.2) is 12.6 Å². The summed E-state index contributed by atoms with van der Waals surface area (Å²) in [5, 5.41) is 109. The molecule has 25 nitrogen and oxygen atoms in total. The van der Waals surface area contributed by atoms with Gasteiger partial charge >= 0.3 is 5.97 Å². The molecule has 0 aromatic rings. The highest BCUT2D eigenvalue weighted by Gasteiger charge is 2.77. The van der Waals surface area contributed by atoms with Crippen LogP contribution in [0.25, 0.3) is 0 Å². The number of hydrogen-bond acceptors (Lipinski definition) is 23. The predicted molar refractivity (Wildman–Crippen MR) is 247 cm³/mol. The highest BCUT2D eigenvalue weighted by atomic mass is 16.7. The first-order valence-corrected chi connectivity index (χ1v) is 23.7. The van der Waals surface area contributed by atoms with Crippen molar-refractivity contribution >= 4 is 29.7 Å². The molecule has 25 heteroatoms. The number of nitrogens with one attached hydrogen (secondary N) is 2. The average molecular weight is 1060 g/mol. The molecule has 4 heterocycles. The number of carbonyl (C=O) groups is 5. The first kappa shape index (κ1) is 64.0. The zero-order chi connectivity index (χ0) is 57.5. The SMILES string of the molecule is COC1(C)C(O)C(C)(CO)OC(OC2(C)C(C)(C(=O)[O-])OC(C)C(C)(O)C2(C)O)C1(C)NC(C)=O.COC1(C)C(O)C(C)(COC(C)=O)OC(OC2(C)C(C)(C(=O)[O-])OC(C)C(C)(O)C2(C)O)C1(C)NC(C)=O. The molecule has 20 atom stereocenters. The Morgan fingerprint density at radius 1 is 0.548 bits per heavy atom. The van der Waals surface area contributed by atoms with Crippen LogP contribution in [0, 0.1) is 0 Å². The zero-order valence-corrected chi connectivity index (χ0v) is 46.0. The molecule has 20 unspecified atom stereocenters. The van der Waals surface area contributed by atoms with Gasteiger partial charge in [-0.1, -0.05) is 0 Å². The number of aliphatic carboxylic acids is 2. The third-order valence-electron chi connectivity index (χ3n) is 18.1. The Morgan fingerprint density at radius 3 is 1.11 bits per heavy atom. The second-order valence-corrected chi connectivity index (χ2v) is 22.6. The first-order chi connectivity index (χ1) is 32.5. The molecular formula is C48H82N2O23-2. The van der Waals surface area contributed by atoms with Crippen molar-refractivity contribution in [3.63, 3.8) is 0 Å². The summed E-state index contributed by atoms with van der Waals surface area (Å²) in [6, 6.07) is 0. The molecule has 0 aliphatic carbocycles. The fraction of sp³-hybridized carbons (Fsp3) is 0.896. The summed E-state index contributed by atoms with van der Waals surface area (Å²) in [5.41, 5.74) is -28.3. The van der Waals surface area contributed by atoms with Gasteiger partial charge in [-0.25, -0.2) is 0 Å². The lowest BCUT2D eigenvalue weighted by Gasteiger charge is -2.66. The Balaban J connectivity index is 0.000000387. The number of methoxy groups -OCH3 is 2. The van der Waals surface area contributed by atoms with Crippen molar-refractivity contribution in [3.05, 3.63) is 0 Å². The van der Waals surface area contributed by atoms with Crippen molar-refractivity contribution in [1.29, 1.82) is 0 Å². The van der Waals surface area contributed by atoms with Crippen molar-refractivity contribution in [2.45, 2.75) is 247 Å². The van der Waals surface area contributed by atoms with Crippen LogP contribution in [0.2, 0.25) is 0 Å². The topological polar surface area (TPSA) is 380 Å². The van der Waals surface area contributed by atoms with Crippen LogP contribution in [0.5, 0.6) is 0 Å². The Hall–Kier alpha value is -3.25. The summed E-state index contributed by atoms with van der Waals surface area (Å²) >= 11 is 0. The molecule has 4 aliphatic rings. The molecule has 4 saturated heterocycles. The fourth-order valence-corrected chi connectivity index (χ4v) is 10.8. The molecule has 4 rings (SSSR count). The summed E-state index contributed by atoms with van der Waals surface area (Å²) in [7, 11) is 2.56. The molecule has 0 bridgehead atoms. The first-order valence-electron chi connectivity index (χ1n) is 23.7. The minimum Gasteiger partial charge on any atom is -0.547 e. The second kappa shape index (κ2) is 19.6. The quantitative estimate of drug-likeness (QED) is 0.0808. The molecule has 4 aliphatic heterocycles. The van der Waals surface area contributed by atoms with E-state index in [1.807, 2.05) is 0 Å². The van der Waals surface area contributed by atoms with Crippen molar-refractivity contribution < 1.29 is 113 Å². The van der Waals surface area contributed by atoms with Gasteiger partial charge in [0, 0.05) is 35.0 Å². The highest BCUT2D eigenvalue weighted by Crippen LogP contribution is 2.57. The smallest absolute Gasteiger partial charge is 0.302 e. The maximum atomic E-state index is 12.5. The van der Waals surface area contributed by atoms with E-state index < -0.39 is 158 Å². The average Bonchev–Trinajstić information content (AvgIpc) is 3.26. The van der Waals surface area contributed by atoms with Crippen LogP contribution in [-0.2, 0) is 66.6 Å². The molecule has 0 saturated carbocycles. The van der Waals surface area contributed by atoms with E-state index in [1.165, 1.54) is 125 Å². The van der Waals surface area contributed by atoms with Crippen LogP contribution >= 0.6 is 0 Å². The number of rotatable bonds is 13. The molecule has 4 fully saturated rings. The molecular weight excluding hydrogens is 973 g/mol. The van der Waals surface area contributed by atoms with Crippen LogP contribution in [-0.4, -0.2) is 208 Å². The molecule has 424 valence electrons. The van der Waals surface area contributed by atoms with Gasteiger partial charge in [0.05, 0.1) is 30.8 Å². The van der Waals surface area contributed by atoms with Crippen molar-refractivity contribution in [2.24, 2.45) is 0 Å². The lowest BCUT2D eigenvalue weighted by Crippen LogP contribution is -2.87. The van der Waals surface area contributed by atoms with Crippen molar-refractivity contribution in [3.8, 4) is 0 Å². The number of aliphatic hydroxyl groups excluding tert-OH is 3. The maximum Gasteiger partial charge on any atom is 0.302 e. The Morgan fingerprint density at radius 2 is 0.849 bits per heavy atom. The highest BCUT2D eigenvalue weighted by molar-refractivity contribution is 5.79. The number of aliphatic hydroxyl groups is 7. The van der Waals surface area contributed by atoms with E-state index >= 15 is 0 Å². The van der Waals surface area contributed by atoms with E-state index in [1.54, 1.807) is 0 Å². The van der Waals surface area contributed by atoms with Crippen LogP contribution in [0.15, 0.2) is 0 Å². The van der Waals surface area contributed by atoms with Gasteiger partial charge in [-0.15, -0.1) is 0 Å². The molecule has 0 radical (unpaired) electrons. The Bertz CT molecular complexity index is 2120. The lowest BCUT2D eigenvalue weighted by molar-refractivity contribution is -0.441. The van der Waals surface area contributed by atoms with Crippen LogP contribution in [0.3, 0.4) is 0 Å². The molecule has 0 aromatic heterocycles. The normalized spacial score (nSPS) is 50.9. The van der Waals surface area contributed by atoms with E-state index in [4.69, 9.17) is 42.6 Å². The maximum absolute atomic E-state index is 12.5. The van der Waals surface area contributed by atoms with E-state index in [2.05, 4.69) is 10.6 Å². The monoisotopic (exact) mass is 1050 g/mol. The van der Waals surface area contributed by atoms with Crippen LogP contribution in [0.4, 0.5) is 0 Å². The Kier molecular flexibility index (Phi) is 17.2. The third kappa shape index (κ3) is 9.07. The van der Waals surface area contributed by atoms with E-state index in [0.29, 0.717) is 0 Å². The summed E-state index contributed by atoms with van der Waals surface area (Å²) in [5.74, 6) is -5.30. The molecule has 0 spiro atoms. The summed E-state index contributed by atoms with van der Waals surface area (Å²) in [6.45, 7) is 23.4. The zero-order valence-electron chi connectivity index (χ0n) is 46.0. The van der Waals surface area contributed by atoms with Gasteiger partial charge in [-0.2, -0.15) is 0 Å². The van der Waals surface area contributed by atoms with Gasteiger partial charge in [-0.05, 0) is 111 Å². The number of carbonyl (C=O) groups excluding carboxylic acids is 5. The number of amides is 2. The van der Waals surface area contributed by atoms with Gasteiger partial charge in [-0.3, -0.25) is 14.4 Å². The fourth-order valence-electron chi connectivity index (χ4n) is 10.8. The second-order valence-electron chi connectivity index (χ2n) is 22.6. The molecule has 0 aromatic carbocycles. The predicted octanol–water partition coefficient (Wildman–Crippen LogP) is -3.51. The standard InChI is InChI=1S/C25H43NO12.C23H41NO11/c1-13-21(6,32)24(9,33)25(10,23(8,36-13)17(30)31)38-18-20(5,26-14(2)27)22(7,34-11)16(29)19(4,37-18)12-35-15(3)28;1-12-19(5,30)22(8,31)23(9,21(7,33-12)15(28)29)35-16-18(4,24-13(2)26)20(6,32-10)14(27)17(3,11-25)34-16/h13,16,18,29,32-33H,12H2,1-11H3,(H,26,27)(H,30,31);12,14,16,25,27,30-31H,11H2,1-10H3,(H,24,26)(H,28,29)/p-2. The number of carboxylic acids is 2. The molecule has 73 heavy (non-hydrogen) atoms. The van der Waals surface area contributed by atoms with Crippen molar-refractivity contribution in [1.82, 2.24) is 10.6 Å². The van der Waals surface area contributed by atoms with Crippen LogP contribution < -0.4 is 20.8 Å². The summed E-state index contributed by atoms with van der Waals surface area (Å²) in [6.07, 6.45) is -8.75. The van der Waals surface area contributed by atoms with E-state index in [9.17, 15) is 69.9 Å². The molecule has 9 N–H and O–H groups in total. The Labute approximate surface area is 426 Å². The summed E-state index contributed by atoms with van der Waals surface area (Å²) < 4.78 is 52.7. The van der Waals surface area contributed by atoms with E-state index in [-0.39, 0.29) is 0 Å². The largest absolute Gasteiger partial charge is 0.547 e. The van der Waals surface area contributed by atoms with Gasteiger partial charge < -0.3 is 109 Å². The minimum atomic E-state index is -2.37. The van der Waals surface area contributed by atoms with Gasteiger partial charge in [0.25, 0.3) is 0 Å². The molecule has 2 amide bonds. The number of ether oxygens (including phenoxy) is 9. The van der Waals surface area contributed by atoms with Crippen molar-refractivity contribution in [2.75, 3.05) is 27.4 Å². The number of esters is 1. The van der Waals surface area contributed by atoms with Gasteiger partial charge in [0.2, 0.25) is 11.8 Å². The van der Waals surface area contributed by atoms with Gasteiger partial charge in [0.1, 0.15) is 97.1 Å². The number of carboxylic acid groups (broad SMARTS) is 2. The van der Waals surface area contributed by atoms with Crippen LogP contribution in [0.1, 0.15) is 132 Å². The number of hydrogen-bond donors (Lipinski definition) is 9. The third-order valence-corrected chi connectivity index (χ3v) is 18.1.